The molecule has 0 aliphatic rings. The van der Waals surface area contributed by atoms with Crippen molar-refractivity contribution in [2.45, 2.75) is 39.7 Å². The van der Waals surface area contributed by atoms with Crippen LogP contribution in [0.1, 0.15) is 34.7 Å². The van der Waals surface area contributed by atoms with Crippen molar-refractivity contribution in [2.75, 3.05) is 0 Å². The first kappa shape index (κ1) is 13.8. The van der Waals surface area contributed by atoms with Gasteiger partial charge in [0.15, 0.2) is 0 Å². The Kier molecular flexibility index (Phi) is 3.77. The van der Waals surface area contributed by atoms with Gasteiger partial charge in [-0.15, -0.1) is 0 Å². The zero-order valence-corrected chi connectivity index (χ0v) is 12.2. The molecule has 0 aliphatic carbocycles. The Morgan fingerprint density at radius 3 is 2.32 bits per heavy atom. The monoisotopic (exact) mass is 254 g/mol. The van der Waals surface area contributed by atoms with Gasteiger partial charge in [0.2, 0.25) is 0 Å². The van der Waals surface area contributed by atoms with Gasteiger partial charge >= 0.3 is 0 Å². The Balaban J connectivity index is 2.34. The van der Waals surface area contributed by atoms with Gasteiger partial charge < -0.3 is 5.11 Å². The van der Waals surface area contributed by atoms with Crippen LogP contribution in [-0.4, -0.2) is 5.11 Å². The minimum Gasteiger partial charge on any atom is -0.385 e. The summed E-state index contributed by atoms with van der Waals surface area (Å²) in [6, 6.07) is 14.6. The van der Waals surface area contributed by atoms with E-state index >= 15 is 0 Å². The fourth-order valence-electron chi connectivity index (χ4n) is 2.63. The average Bonchev–Trinajstić information content (AvgIpc) is 2.31. The summed E-state index contributed by atoms with van der Waals surface area (Å²) in [5, 5.41) is 10.8. The first-order valence-corrected chi connectivity index (χ1v) is 6.74. The number of aryl methyl sites for hydroxylation is 3. The van der Waals surface area contributed by atoms with Crippen molar-refractivity contribution < 1.29 is 5.11 Å². The number of aliphatic hydroxyl groups is 1. The molecule has 2 aromatic carbocycles. The highest BCUT2D eigenvalue weighted by Crippen LogP contribution is 2.29. The average molecular weight is 254 g/mol. The van der Waals surface area contributed by atoms with Gasteiger partial charge in [-0.05, 0) is 44.4 Å². The van der Waals surface area contributed by atoms with E-state index in [1.807, 2.05) is 13.0 Å². The summed E-state index contributed by atoms with van der Waals surface area (Å²) >= 11 is 0. The van der Waals surface area contributed by atoms with E-state index in [9.17, 15) is 5.11 Å². The lowest BCUT2D eigenvalue weighted by Gasteiger charge is -2.26. The smallest absolute Gasteiger partial charge is 0.0911 e. The molecular weight excluding hydrogens is 232 g/mol. The van der Waals surface area contributed by atoms with Crippen LogP contribution in [0.2, 0.25) is 0 Å². The Morgan fingerprint density at radius 2 is 1.63 bits per heavy atom. The van der Waals surface area contributed by atoms with Crippen LogP contribution in [0.3, 0.4) is 0 Å². The van der Waals surface area contributed by atoms with E-state index in [1.165, 1.54) is 16.7 Å². The third kappa shape index (κ3) is 3.24. The van der Waals surface area contributed by atoms with Crippen molar-refractivity contribution >= 4 is 0 Å². The van der Waals surface area contributed by atoms with Gasteiger partial charge in [0.1, 0.15) is 0 Å². The van der Waals surface area contributed by atoms with Crippen molar-refractivity contribution in [2.24, 2.45) is 0 Å². The maximum atomic E-state index is 10.8. The molecule has 0 aliphatic heterocycles. The van der Waals surface area contributed by atoms with Gasteiger partial charge in [0.25, 0.3) is 0 Å². The van der Waals surface area contributed by atoms with Gasteiger partial charge in [-0.2, -0.15) is 0 Å². The van der Waals surface area contributed by atoms with Crippen molar-refractivity contribution in [3.05, 3.63) is 70.3 Å². The molecule has 0 aromatic heterocycles. The van der Waals surface area contributed by atoms with Gasteiger partial charge in [0, 0.05) is 6.42 Å². The molecule has 1 nitrogen and oxygen atoms in total. The van der Waals surface area contributed by atoms with Gasteiger partial charge in [-0.1, -0.05) is 53.6 Å². The van der Waals surface area contributed by atoms with Crippen LogP contribution >= 0.6 is 0 Å². The molecule has 0 radical (unpaired) electrons. The standard InChI is InChI=1S/C18H22O/c1-13-6-5-7-16(10-13)12-18(4,19)17-11-14(2)8-9-15(17)3/h5-11,19H,12H2,1-4H3. The van der Waals surface area contributed by atoms with E-state index < -0.39 is 5.60 Å². The van der Waals surface area contributed by atoms with E-state index in [0.29, 0.717) is 6.42 Å². The number of benzene rings is 2. The van der Waals surface area contributed by atoms with E-state index in [4.69, 9.17) is 0 Å². The quantitative estimate of drug-likeness (QED) is 0.875. The molecule has 0 saturated heterocycles. The molecule has 2 aromatic rings. The molecule has 1 atom stereocenters. The molecule has 0 fully saturated rings. The molecule has 1 unspecified atom stereocenters. The second kappa shape index (κ2) is 5.18. The summed E-state index contributed by atoms with van der Waals surface area (Å²) in [7, 11) is 0. The van der Waals surface area contributed by atoms with E-state index in [-0.39, 0.29) is 0 Å². The highest BCUT2D eigenvalue weighted by atomic mass is 16.3. The fraction of sp³-hybridized carbons (Fsp3) is 0.333. The summed E-state index contributed by atoms with van der Waals surface area (Å²) in [4.78, 5) is 0. The largest absolute Gasteiger partial charge is 0.385 e. The number of hydrogen-bond donors (Lipinski definition) is 1. The molecular formula is C18H22O. The summed E-state index contributed by atoms with van der Waals surface area (Å²) in [5.41, 5.74) is 4.92. The Bertz CT molecular complexity index is 582. The highest BCUT2D eigenvalue weighted by Gasteiger charge is 2.25. The third-order valence-corrected chi connectivity index (χ3v) is 3.60. The normalized spacial score (nSPS) is 14.2. The third-order valence-electron chi connectivity index (χ3n) is 3.60. The maximum absolute atomic E-state index is 10.8. The predicted octanol–water partition coefficient (Wildman–Crippen LogP) is 4.06. The summed E-state index contributed by atoms with van der Waals surface area (Å²) in [5.74, 6) is 0. The zero-order chi connectivity index (χ0) is 14.0. The van der Waals surface area contributed by atoms with Crippen LogP contribution in [0.4, 0.5) is 0 Å². The Hall–Kier alpha value is -1.60. The molecule has 1 N–H and O–H groups in total. The minimum atomic E-state index is -0.829. The molecule has 1 heteroatoms. The molecule has 0 spiro atoms. The van der Waals surface area contributed by atoms with Crippen LogP contribution < -0.4 is 0 Å². The lowest BCUT2D eigenvalue weighted by molar-refractivity contribution is 0.0569. The summed E-state index contributed by atoms with van der Waals surface area (Å²) < 4.78 is 0. The first-order valence-electron chi connectivity index (χ1n) is 6.74. The molecule has 0 amide bonds. The molecule has 0 heterocycles. The summed E-state index contributed by atoms with van der Waals surface area (Å²) in [6.07, 6.45) is 0.638. The van der Waals surface area contributed by atoms with E-state index in [0.717, 1.165) is 11.1 Å². The maximum Gasteiger partial charge on any atom is 0.0911 e. The molecule has 100 valence electrons. The van der Waals surface area contributed by atoms with E-state index in [1.54, 1.807) is 0 Å². The van der Waals surface area contributed by atoms with Crippen LogP contribution in [0, 0.1) is 20.8 Å². The minimum absolute atomic E-state index is 0.638. The predicted molar refractivity (Wildman–Crippen MR) is 80.4 cm³/mol. The van der Waals surface area contributed by atoms with Crippen LogP contribution in [0.15, 0.2) is 42.5 Å². The second-order valence-electron chi connectivity index (χ2n) is 5.76. The van der Waals surface area contributed by atoms with Gasteiger partial charge in [0.05, 0.1) is 5.60 Å². The number of hydrogen-bond acceptors (Lipinski definition) is 1. The first-order chi connectivity index (χ1) is 8.88. The topological polar surface area (TPSA) is 20.2 Å². The van der Waals surface area contributed by atoms with Crippen molar-refractivity contribution in [1.82, 2.24) is 0 Å². The summed E-state index contributed by atoms with van der Waals surface area (Å²) in [6.45, 7) is 8.10. The molecule has 0 saturated carbocycles. The Morgan fingerprint density at radius 1 is 0.947 bits per heavy atom. The number of rotatable bonds is 3. The molecule has 2 rings (SSSR count). The molecule has 19 heavy (non-hydrogen) atoms. The fourth-order valence-corrected chi connectivity index (χ4v) is 2.63. The van der Waals surface area contributed by atoms with Gasteiger partial charge in [-0.3, -0.25) is 0 Å². The van der Waals surface area contributed by atoms with Crippen molar-refractivity contribution in [3.8, 4) is 0 Å². The van der Waals surface area contributed by atoms with Crippen molar-refractivity contribution in [3.63, 3.8) is 0 Å². The zero-order valence-electron chi connectivity index (χ0n) is 12.2. The van der Waals surface area contributed by atoms with Crippen LogP contribution in [0.5, 0.6) is 0 Å². The van der Waals surface area contributed by atoms with Crippen LogP contribution in [0.25, 0.3) is 0 Å². The lowest BCUT2D eigenvalue weighted by atomic mass is 9.85. The van der Waals surface area contributed by atoms with Gasteiger partial charge in [-0.25, -0.2) is 0 Å². The van der Waals surface area contributed by atoms with E-state index in [2.05, 4.69) is 57.2 Å². The Labute approximate surface area is 115 Å². The molecule has 0 bridgehead atoms. The van der Waals surface area contributed by atoms with Crippen LogP contribution in [-0.2, 0) is 12.0 Å². The SMILES string of the molecule is Cc1cccc(CC(C)(O)c2cc(C)ccc2C)c1. The lowest BCUT2D eigenvalue weighted by Crippen LogP contribution is -2.25. The highest BCUT2D eigenvalue weighted by molar-refractivity contribution is 5.36. The second-order valence-corrected chi connectivity index (χ2v) is 5.76. The van der Waals surface area contributed by atoms with Crippen molar-refractivity contribution in [1.29, 1.82) is 0 Å².